The van der Waals surface area contributed by atoms with E-state index in [1.807, 2.05) is 6.07 Å². The van der Waals surface area contributed by atoms with E-state index in [9.17, 15) is 4.79 Å². The van der Waals surface area contributed by atoms with Crippen molar-refractivity contribution < 1.29 is 9.53 Å². The molecule has 30 heavy (non-hydrogen) atoms. The van der Waals surface area contributed by atoms with Gasteiger partial charge in [-0.15, -0.1) is 0 Å². The van der Waals surface area contributed by atoms with Gasteiger partial charge in [0.2, 0.25) is 5.91 Å². The Kier molecular flexibility index (Phi) is 16.3. The Balaban J connectivity index is 1.87. The Morgan fingerprint density at radius 3 is 1.90 bits per heavy atom. The van der Waals surface area contributed by atoms with E-state index in [1.54, 1.807) is 19.2 Å². The molecular weight excluding hydrogens is 396 g/mol. The normalized spacial score (nSPS) is 10.8. The van der Waals surface area contributed by atoms with Crippen molar-refractivity contribution in [2.24, 2.45) is 0 Å². The number of rotatable bonds is 19. The zero-order valence-corrected chi connectivity index (χ0v) is 20.0. The van der Waals surface area contributed by atoms with Crippen molar-refractivity contribution in [3.8, 4) is 5.75 Å². The lowest BCUT2D eigenvalue weighted by atomic mass is 10.0. The molecule has 0 aliphatic carbocycles. The number of nitrogens with one attached hydrogen (secondary N) is 2. The number of carbonyl (C=O) groups is 1. The number of hydrogen-bond acceptors (Lipinski definition) is 3. The van der Waals surface area contributed by atoms with Crippen LogP contribution >= 0.6 is 11.6 Å². The first-order valence-corrected chi connectivity index (χ1v) is 12.4. The third kappa shape index (κ3) is 13.7. The molecule has 4 nitrogen and oxygen atoms in total. The Bertz CT molecular complexity index is 566. The molecule has 0 saturated heterocycles. The van der Waals surface area contributed by atoms with Gasteiger partial charge in [-0.1, -0.05) is 102 Å². The zero-order valence-electron chi connectivity index (χ0n) is 19.2. The second-order valence-corrected chi connectivity index (χ2v) is 8.56. The van der Waals surface area contributed by atoms with Gasteiger partial charge < -0.3 is 15.4 Å². The fourth-order valence-corrected chi connectivity index (χ4v) is 3.83. The van der Waals surface area contributed by atoms with Crippen LogP contribution in [-0.4, -0.2) is 26.1 Å². The van der Waals surface area contributed by atoms with Gasteiger partial charge in [-0.25, -0.2) is 0 Å². The Labute approximate surface area is 189 Å². The van der Waals surface area contributed by atoms with Crippen molar-refractivity contribution >= 4 is 23.2 Å². The molecule has 1 amide bonds. The van der Waals surface area contributed by atoms with Crippen molar-refractivity contribution in [1.29, 1.82) is 0 Å². The molecule has 0 bridgehead atoms. The van der Waals surface area contributed by atoms with Gasteiger partial charge in [0.05, 0.1) is 18.7 Å². The van der Waals surface area contributed by atoms with Crippen molar-refractivity contribution in [3.63, 3.8) is 0 Å². The van der Waals surface area contributed by atoms with Gasteiger partial charge in [-0.05, 0) is 24.6 Å². The first-order valence-electron chi connectivity index (χ1n) is 12.0. The zero-order chi connectivity index (χ0) is 21.9. The molecule has 0 spiro atoms. The maximum Gasteiger partial charge on any atom is 0.239 e. The molecule has 0 saturated carbocycles. The van der Waals surface area contributed by atoms with E-state index >= 15 is 0 Å². The summed E-state index contributed by atoms with van der Waals surface area (Å²) < 4.78 is 5.12. The average Bonchev–Trinajstić information content (AvgIpc) is 2.75. The fourth-order valence-electron chi connectivity index (χ4n) is 3.57. The molecule has 1 aromatic carbocycles. The number of amides is 1. The minimum Gasteiger partial charge on any atom is -0.495 e. The number of hydrogen-bond donors (Lipinski definition) is 2. The highest BCUT2D eigenvalue weighted by molar-refractivity contribution is 6.32. The number of methoxy groups -OCH3 is 1. The lowest BCUT2D eigenvalue weighted by Gasteiger charge is -2.09. The summed E-state index contributed by atoms with van der Waals surface area (Å²) in [5.74, 6) is 0.640. The molecule has 0 atom stereocenters. The summed E-state index contributed by atoms with van der Waals surface area (Å²) in [6.45, 7) is 3.28. The van der Waals surface area contributed by atoms with Crippen molar-refractivity contribution in [3.05, 3.63) is 23.2 Å². The molecule has 0 radical (unpaired) electrons. The van der Waals surface area contributed by atoms with Crippen LogP contribution in [0.4, 0.5) is 5.69 Å². The minimum absolute atomic E-state index is 0.0108. The van der Waals surface area contributed by atoms with Crippen LogP contribution in [0.5, 0.6) is 5.75 Å². The first-order chi connectivity index (χ1) is 14.7. The van der Waals surface area contributed by atoms with Crippen LogP contribution in [0.15, 0.2) is 18.2 Å². The number of carbonyl (C=O) groups excluding carboxylic acids is 1. The molecule has 0 aliphatic heterocycles. The Morgan fingerprint density at radius 2 is 1.40 bits per heavy atom. The summed E-state index contributed by atoms with van der Waals surface area (Å²) in [5.41, 5.74) is 0.812. The van der Waals surface area contributed by atoms with Gasteiger partial charge in [-0.3, -0.25) is 4.79 Å². The summed E-state index contributed by atoms with van der Waals surface area (Å²) in [6, 6.07) is 5.41. The van der Waals surface area contributed by atoms with Crippen LogP contribution in [0.3, 0.4) is 0 Å². The van der Waals surface area contributed by atoms with Crippen LogP contribution < -0.4 is 15.4 Å². The summed E-state index contributed by atoms with van der Waals surface area (Å²) in [6.07, 6.45) is 18.8. The Hall–Kier alpha value is -1.42. The van der Waals surface area contributed by atoms with E-state index in [0.29, 0.717) is 10.8 Å². The molecule has 0 heterocycles. The van der Waals surface area contributed by atoms with Crippen LogP contribution in [0, 0.1) is 0 Å². The summed E-state index contributed by atoms with van der Waals surface area (Å²) in [7, 11) is 1.58. The van der Waals surface area contributed by atoms with Crippen LogP contribution in [0.2, 0.25) is 5.02 Å². The fraction of sp³-hybridized carbons (Fsp3) is 0.720. The monoisotopic (exact) mass is 438 g/mol. The van der Waals surface area contributed by atoms with Crippen molar-refractivity contribution in [2.75, 3.05) is 25.5 Å². The molecule has 0 fully saturated rings. The smallest absolute Gasteiger partial charge is 0.239 e. The predicted octanol–water partition coefficient (Wildman–Crippen LogP) is 7.36. The minimum atomic E-state index is 0.0108. The summed E-state index contributed by atoms with van der Waals surface area (Å²) in [5, 5.41) is 6.59. The van der Waals surface area contributed by atoms with Gasteiger partial charge in [0.25, 0.3) is 0 Å². The summed E-state index contributed by atoms with van der Waals surface area (Å²) in [4.78, 5) is 11.9. The van der Waals surface area contributed by atoms with Gasteiger partial charge in [0, 0.05) is 12.2 Å². The van der Waals surface area contributed by atoms with Crippen LogP contribution in [0.25, 0.3) is 0 Å². The van der Waals surface area contributed by atoms with E-state index in [4.69, 9.17) is 16.3 Å². The lowest BCUT2D eigenvalue weighted by Crippen LogP contribution is -2.30. The second kappa shape index (κ2) is 18.4. The molecule has 0 unspecified atom stereocenters. The van der Waals surface area contributed by atoms with E-state index < -0.39 is 0 Å². The lowest BCUT2D eigenvalue weighted by molar-refractivity contribution is -0.119. The van der Waals surface area contributed by atoms with Crippen LogP contribution in [-0.2, 0) is 4.79 Å². The Morgan fingerprint density at radius 1 is 0.867 bits per heavy atom. The number of halogens is 1. The highest BCUT2D eigenvalue weighted by atomic mass is 35.5. The largest absolute Gasteiger partial charge is 0.495 e. The maximum atomic E-state index is 11.9. The number of unbranched alkanes of at least 4 members (excludes halogenated alkanes) is 13. The predicted molar refractivity (Wildman–Crippen MR) is 130 cm³/mol. The topological polar surface area (TPSA) is 50.4 Å². The van der Waals surface area contributed by atoms with Crippen LogP contribution in [0.1, 0.15) is 96.8 Å². The van der Waals surface area contributed by atoms with Crippen molar-refractivity contribution in [2.45, 2.75) is 96.8 Å². The van der Waals surface area contributed by atoms with Gasteiger partial charge in [0.15, 0.2) is 0 Å². The second-order valence-electron chi connectivity index (χ2n) is 8.15. The SMILES string of the molecule is CCCCCCCCCCCCCCCCNC(=O)CNc1ccc(OC)c(Cl)c1. The average molecular weight is 439 g/mol. The van der Waals surface area contributed by atoms with E-state index in [2.05, 4.69) is 17.6 Å². The highest BCUT2D eigenvalue weighted by Gasteiger charge is 2.04. The molecule has 1 rings (SSSR count). The molecular formula is C25H43ClN2O2. The van der Waals surface area contributed by atoms with E-state index in [1.165, 1.54) is 83.5 Å². The number of benzene rings is 1. The third-order valence-electron chi connectivity index (χ3n) is 5.46. The molecule has 2 N–H and O–H groups in total. The number of ether oxygens (including phenoxy) is 1. The van der Waals surface area contributed by atoms with Gasteiger partial charge in [-0.2, -0.15) is 0 Å². The van der Waals surface area contributed by atoms with Crippen molar-refractivity contribution in [1.82, 2.24) is 5.32 Å². The quantitative estimate of drug-likeness (QED) is 0.222. The molecule has 5 heteroatoms. The van der Waals surface area contributed by atoms with Gasteiger partial charge in [0.1, 0.15) is 5.75 Å². The summed E-state index contributed by atoms with van der Waals surface area (Å²) >= 11 is 6.09. The standard InChI is InChI=1S/C25H43ClN2O2/c1-3-4-5-6-7-8-9-10-11-12-13-14-15-16-19-27-25(29)21-28-22-17-18-24(30-2)23(26)20-22/h17-18,20,28H,3-16,19,21H2,1-2H3,(H,27,29). The third-order valence-corrected chi connectivity index (χ3v) is 5.75. The molecule has 0 aliphatic rings. The number of anilines is 1. The molecule has 172 valence electrons. The highest BCUT2D eigenvalue weighted by Crippen LogP contribution is 2.27. The van der Waals surface area contributed by atoms with E-state index in [-0.39, 0.29) is 12.5 Å². The molecule has 0 aromatic heterocycles. The van der Waals surface area contributed by atoms with Gasteiger partial charge >= 0.3 is 0 Å². The van der Waals surface area contributed by atoms with E-state index in [0.717, 1.165) is 18.7 Å². The first kappa shape index (κ1) is 26.6. The molecule has 1 aromatic rings. The maximum absolute atomic E-state index is 11.9.